The van der Waals surface area contributed by atoms with Crippen molar-refractivity contribution in [2.45, 2.75) is 44.2 Å². The van der Waals surface area contributed by atoms with E-state index in [9.17, 15) is 0 Å². The number of nitrogens with one attached hydrogen (secondary N) is 1. The number of hydrogen-bond donors (Lipinski definition) is 1. The maximum Gasteiger partial charge on any atom is 0.234 e. The molecule has 5 rings (SSSR count). The number of ether oxygens (including phenoxy) is 1. The van der Waals surface area contributed by atoms with Crippen molar-refractivity contribution in [3.8, 4) is 11.3 Å². The average molecular weight is 352 g/mol. The Labute approximate surface area is 151 Å². The Bertz CT molecular complexity index is 1030. The molecule has 0 saturated carbocycles. The number of benzene rings is 1. The lowest BCUT2D eigenvalue weighted by Crippen LogP contribution is -2.56. The first-order chi connectivity index (χ1) is 12.4. The molecule has 1 aromatic carbocycles. The molecule has 2 unspecified atom stereocenters. The Morgan fingerprint density at radius 1 is 1.23 bits per heavy atom. The minimum absolute atomic E-state index is 0.0477. The van der Waals surface area contributed by atoms with Crippen molar-refractivity contribution in [3.05, 3.63) is 48.2 Å². The van der Waals surface area contributed by atoms with Crippen LogP contribution in [0.15, 0.2) is 36.8 Å². The van der Waals surface area contributed by atoms with Gasteiger partial charge in [-0.2, -0.15) is 0 Å². The lowest BCUT2D eigenvalue weighted by atomic mass is 9.67. The average Bonchev–Trinajstić information content (AvgIpc) is 3.21. The summed E-state index contributed by atoms with van der Waals surface area (Å²) in [6, 6.07) is 5.42. The van der Waals surface area contributed by atoms with Gasteiger partial charge in [0.1, 0.15) is 5.82 Å². The molecule has 3 aromatic rings. The molecule has 0 bridgehead atoms. The van der Waals surface area contributed by atoms with Gasteiger partial charge >= 0.3 is 0 Å². The number of halogens is 1. The third-order valence-electron chi connectivity index (χ3n) is 5.90. The standard InChI is InChI=1S/C20H21FN4O/c1-19(2)17-20(3,5-9-26-17)13-10-12(14(21)11-15(13)24-19)16-4-6-22-18-23-7-8-25(16)18/h4,6-8,10-11,17,24H,5,9H2,1-3H3. The predicted octanol–water partition coefficient (Wildman–Crippen LogP) is 3.79. The molecule has 2 atom stereocenters. The van der Waals surface area contributed by atoms with Crippen LogP contribution in [0, 0.1) is 5.82 Å². The Balaban J connectivity index is 1.76. The largest absolute Gasteiger partial charge is 0.377 e. The molecule has 2 aromatic heterocycles. The molecule has 1 N–H and O–H groups in total. The van der Waals surface area contributed by atoms with Crippen LogP contribution in [0.4, 0.5) is 10.1 Å². The summed E-state index contributed by atoms with van der Waals surface area (Å²) in [5.41, 5.74) is 2.88. The minimum Gasteiger partial charge on any atom is -0.377 e. The van der Waals surface area contributed by atoms with Gasteiger partial charge in [-0.15, -0.1) is 0 Å². The van der Waals surface area contributed by atoms with Crippen LogP contribution in [-0.4, -0.2) is 32.6 Å². The molecule has 0 spiro atoms. The third-order valence-corrected chi connectivity index (χ3v) is 5.90. The topological polar surface area (TPSA) is 51.5 Å². The van der Waals surface area contributed by atoms with E-state index in [1.807, 2.05) is 16.5 Å². The molecule has 5 nitrogen and oxygen atoms in total. The van der Waals surface area contributed by atoms with Crippen molar-refractivity contribution in [1.82, 2.24) is 14.4 Å². The van der Waals surface area contributed by atoms with Crippen LogP contribution in [0.3, 0.4) is 0 Å². The molecule has 6 heteroatoms. The minimum atomic E-state index is -0.255. The van der Waals surface area contributed by atoms with Crippen molar-refractivity contribution in [3.63, 3.8) is 0 Å². The van der Waals surface area contributed by atoms with Crippen LogP contribution >= 0.6 is 0 Å². The van der Waals surface area contributed by atoms with Gasteiger partial charge in [0.25, 0.3) is 0 Å². The maximum absolute atomic E-state index is 15.1. The highest BCUT2D eigenvalue weighted by Gasteiger charge is 2.53. The van der Waals surface area contributed by atoms with Crippen LogP contribution in [0.2, 0.25) is 0 Å². The van der Waals surface area contributed by atoms with Gasteiger partial charge in [-0.05, 0) is 44.0 Å². The van der Waals surface area contributed by atoms with E-state index in [0.717, 1.165) is 30.0 Å². The van der Waals surface area contributed by atoms with E-state index < -0.39 is 0 Å². The Kier molecular flexibility index (Phi) is 3.05. The third kappa shape index (κ3) is 1.99. The summed E-state index contributed by atoms with van der Waals surface area (Å²) < 4.78 is 23.0. The van der Waals surface area contributed by atoms with E-state index in [-0.39, 0.29) is 22.9 Å². The van der Waals surface area contributed by atoms with Crippen LogP contribution < -0.4 is 5.32 Å². The first kappa shape index (κ1) is 15.8. The highest BCUT2D eigenvalue weighted by molar-refractivity contribution is 5.71. The monoisotopic (exact) mass is 352 g/mol. The zero-order valence-electron chi connectivity index (χ0n) is 15.1. The van der Waals surface area contributed by atoms with Gasteiger partial charge in [0, 0.05) is 41.9 Å². The first-order valence-electron chi connectivity index (χ1n) is 8.92. The SMILES string of the molecule is CC1(C)Nc2cc(F)c(-c3ccnc4nccn34)cc2C2(C)CCOC12. The van der Waals surface area contributed by atoms with Gasteiger partial charge in [-0.3, -0.25) is 4.40 Å². The maximum atomic E-state index is 15.1. The Morgan fingerprint density at radius 2 is 2.04 bits per heavy atom. The fourth-order valence-electron chi connectivity index (χ4n) is 4.80. The van der Waals surface area contributed by atoms with E-state index in [2.05, 4.69) is 36.1 Å². The normalized spacial score (nSPS) is 26.4. The molecule has 0 radical (unpaired) electrons. The van der Waals surface area contributed by atoms with Crippen LogP contribution in [0.25, 0.3) is 17.0 Å². The lowest BCUT2D eigenvalue weighted by molar-refractivity contribution is 0.0352. The molecule has 2 aliphatic rings. The number of rotatable bonds is 1. The molecule has 0 amide bonds. The smallest absolute Gasteiger partial charge is 0.234 e. The van der Waals surface area contributed by atoms with Crippen LogP contribution in [0.1, 0.15) is 32.8 Å². The molecule has 1 fully saturated rings. The van der Waals surface area contributed by atoms with E-state index >= 15 is 4.39 Å². The summed E-state index contributed by atoms with van der Waals surface area (Å²) in [5, 5.41) is 3.49. The van der Waals surface area contributed by atoms with E-state index in [0.29, 0.717) is 11.3 Å². The molecule has 2 aliphatic heterocycles. The lowest BCUT2D eigenvalue weighted by Gasteiger charge is -2.48. The molecule has 26 heavy (non-hydrogen) atoms. The molecule has 0 aliphatic carbocycles. The summed E-state index contributed by atoms with van der Waals surface area (Å²) in [4.78, 5) is 8.43. The van der Waals surface area contributed by atoms with E-state index in [1.165, 1.54) is 0 Å². The van der Waals surface area contributed by atoms with Crippen molar-refractivity contribution in [2.75, 3.05) is 11.9 Å². The van der Waals surface area contributed by atoms with Crippen molar-refractivity contribution in [1.29, 1.82) is 0 Å². The fraction of sp³-hybridized carbons (Fsp3) is 0.400. The second-order valence-electron chi connectivity index (χ2n) is 8.07. The molecule has 4 heterocycles. The summed E-state index contributed by atoms with van der Waals surface area (Å²) >= 11 is 0. The summed E-state index contributed by atoms with van der Waals surface area (Å²) in [6.45, 7) is 7.19. The number of nitrogens with zero attached hydrogens (tertiary/aromatic N) is 3. The highest BCUT2D eigenvalue weighted by Crippen LogP contribution is 2.51. The summed E-state index contributed by atoms with van der Waals surface area (Å²) in [5.74, 6) is 0.307. The summed E-state index contributed by atoms with van der Waals surface area (Å²) in [7, 11) is 0. The van der Waals surface area contributed by atoms with E-state index in [1.54, 1.807) is 24.7 Å². The Morgan fingerprint density at radius 3 is 2.88 bits per heavy atom. The van der Waals surface area contributed by atoms with Gasteiger partial charge in [0.2, 0.25) is 5.78 Å². The zero-order valence-corrected chi connectivity index (χ0v) is 15.1. The number of imidazole rings is 1. The van der Waals surface area contributed by atoms with Gasteiger partial charge in [0.15, 0.2) is 0 Å². The van der Waals surface area contributed by atoms with Gasteiger partial charge in [-0.25, -0.2) is 14.4 Å². The molecule has 1 saturated heterocycles. The molecular formula is C20H21FN4O. The Hall–Kier alpha value is -2.47. The molecule has 134 valence electrons. The predicted molar refractivity (Wildman–Crippen MR) is 97.8 cm³/mol. The highest BCUT2D eigenvalue weighted by atomic mass is 19.1. The van der Waals surface area contributed by atoms with Crippen LogP contribution in [0.5, 0.6) is 0 Å². The first-order valence-corrected chi connectivity index (χ1v) is 8.92. The quantitative estimate of drug-likeness (QED) is 0.724. The van der Waals surface area contributed by atoms with Gasteiger partial charge in [-0.1, -0.05) is 6.92 Å². The number of fused-ring (bicyclic) bond motifs is 4. The van der Waals surface area contributed by atoms with Crippen molar-refractivity contribution in [2.24, 2.45) is 0 Å². The van der Waals surface area contributed by atoms with E-state index in [4.69, 9.17) is 4.74 Å². The fourth-order valence-corrected chi connectivity index (χ4v) is 4.80. The second-order valence-corrected chi connectivity index (χ2v) is 8.07. The van der Waals surface area contributed by atoms with Crippen LogP contribution in [-0.2, 0) is 10.2 Å². The number of hydrogen-bond acceptors (Lipinski definition) is 4. The zero-order chi connectivity index (χ0) is 18.1. The second kappa shape index (κ2) is 5.04. The van der Waals surface area contributed by atoms with Crippen molar-refractivity contribution >= 4 is 11.5 Å². The van der Waals surface area contributed by atoms with Gasteiger partial charge in [0.05, 0.1) is 17.3 Å². The summed E-state index contributed by atoms with van der Waals surface area (Å²) in [6.07, 6.45) is 6.13. The number of aromatic nitrogens is 3. The van der Waals surface area contributed by atoms with Crippen molar-refractivity contribution < 1.29 is 9.13 Å². The van der Waals surface area contributed by atoms with Gasteiger partial charge < -0.3 is 10.1 Å². The molecular weight excluding hydrogens is 331 g/mol. The number of anilines is 1.